The second-order valence-electron chi connectivity index (χ2n) is 6.85. The number of rotatable bonds is 4. The molecule has 1 aliphatic carbocycles. The fourth-order valence-corrected chi connectivity index (χ4v) is 2.64. The number of nitrogens with zero attached hydrogens (tertiary/aromatic N) is 2. The molecule has 0 aromatic carbocycles. The van der Waals surface area contributed by atoms with Crippen molar-refractivity contribution < 1.29 is 0 Å². The quantitative estimate of drug-likeness (QED) is 0.878. The molecule has 0 unspecified atom stereocenters. The Morgan fingerprint density at radius 2 is 1.75 bits per heavy atom. The highest BCUT2D eigenvalue weighted by molar-refractivity contribution is 5.47. The van der Waals surface area contributed by atoms with Crippen LogP contribution in [0, 0.1) is 5.92 Å². The normalized spacial score (nSPS) is 17.0. The molecule has 0 atom stereocenters. The third kappa shape index (κ3) is 4.09. The summed E-state index contributed by atoms with van der Waals surface area (Å²) in [5, 5.41) is 6.64. The lowest BCUT2D eigenvalue weighted by Crippen LogP contribution is -2.21. The molecule has 1 fully saturated rings. The molecule has 20 heavy (non-hydrogen) atoms. The van der Waals surface area contributed by atoms with Crippen molar-refractivity contribution in [3.05, 3.63) is 11.9 Å². The molecule has 1 aliphatic rings. The number of aromatic nitrogens is 2. The first-order chi connectivity index (χ1) is 9.49. The van der Waals surface area contributed by atoms with Crippen LogP contribution >= 0.6 is 0 Å². The molecule has 1 heterocycles. The zero-order valence-electron chi connectivity index (χ0n) is 13.3. The van der Waals surface area contributed by atoms with E-state index in [9.17, 15) is 0 Å². The van der Waals surface area contributed by atoms with Gasteiger partial charge in [0.1, 0.15) is 17.5 Å². The van der Waals surface area contributed by atoms with Gasteiger partial charge in [-0.25, -0.2) is 9.97 Å². The minimum Gasteiger partial charge on any atom is -0.373 e. The maximum atomic E-state index is 4.67. The molecule has 2 N–H and O–H groups in total. The molecule has 0 saturated heterocycles. The largest absolute Gasteiger partial charge is 0.373 e. The van der Waals surface area contributed by atoms with Crippen LogP contribution in [0.25, 0.3) is 0 Å². The van der Waals surface area contributed by atoms with Crippen molar-refractivity contribution in [1.82, 2.24) is 9.97 Å². The summed E-state index contributed by atoms with van der Waals surface area (Å²) in [6, 6.07) is 2.00. The van der Waals surface area contributed by atoms with Crippen molar-refractivity contribution in [2.75, 3.05) is 24.2 Å². The highest BCUT2D eigenvalue weighted by Crippen LogP contribution is 2.25. The van der Waals surface area contributed by atoms with E-state index in [1.54, 1.807) is 0 Å². The molecule has 0 radical (unpaired) electrons. The average Bonchev–Trinajstić information content (AvgIpc) is 2.45. The summed E-state index contributed by atoms with van der Waals surface area (Å²) in [6.45, 7) is 7.47. The van der Waals surface area contributed by atoms with Crippen molar-refractivity contribution in [3.63, 3.8) is 0 Å². The molecule has 112 valence electrons. The van der Waals surface area contributed by atoms with E-state index in [1.807, 2.05) is 13.1 Å². The Morgan fingerprint density at radius 3 is 2.35 bits per heavy atom. The lowest BCUT2D eigenvalue weighted by Gasteiger charge is -2.23. The summed E-state index contributed by atoms with van der Waals surface area (Å²) >= 11 is 0. The predicted molar refractivity (Wildman–Crippen MR) is 85.3 cm³/mol. The molecule has 0 amide bonds. The van der Waals surface area contributed by atoms with Crippen molar-refractivity contribution in [3.8, 4) is 0 Å². The summed E-state index contributed by atoms with van der Waals surface area (Å²) in [5.74, 6) is 3.52. The number of anilines is 2. The highest BCUT2D eigenvalue weighted by atomic mass is 15.1. The highest BCUT2D eigenvalue weighted by Gasteiger charge is 2.19. The lowest BCUT2D eigenvalue weighted by atomic mass is 9.89. The maximum Gasteiger partial charge on any atom is 0.138 e. The van der Waals surface area contributed by atoms with Crippen LogP contribution in [-0.4, -0.2) is 23.6 Å². The standard InChI is InChI=1S/C16H28N4/c1-16(2,3)15-19-13(17-4)10-14(20-15)18-11-12-8-6-5-7-9-12/h10,12H,5-9,11H2,1-4H3,(H2,17,18,19,20). The van der Waals surface area contributed by atoms with Gasteiger partial charge in [0.15, 0.2) is 0 Å². The van der Waals surface area contributed by atoms with Crippen LogP contribution in [0.5, 0.6) is 0 Å². The summed E-state index contributed by atoms with van der Waals surface area (Å²) in [6.07, 6.45) is 6.87. The molecule has 2 rings (SSSR count). The van der Waals surface area contributed by atoms with E-state index in [2.05, 4.69) is 41.4 Å². The van der Waals surface area contributed by atoms with Crippen LogP contribution in [0.1, 0.15) is 58.7 Å². The van der Waals surface area contributed by atoms with Crippen LogP contribution in [0.3, 0.4) is 0 Å². The fraction of sp³-hybridized carbons (Fsp3) is 0.750. The second-order valence-corrected chi connectivity index (χ2v) is 6.85. The van der Waals surface area contributed by atoms with Crippen LogP contribution < -0.4 is 10.6 Å². The Bertz CT molecular complexity index is 431. The monoisotopic (exact) mass is 276 g/mol. The Hall–Kier alpha value is -1.32. The summed E-state index contributed by atoms with van der Waals surface area (Å²) in [5.41, 5.74) is -0.0336. The van der Waals surface area contributed by atoms with Crippen molar-refractivity contribution >= 4 is 11.6 Å². The van der Waals surface area contributed by atoms with Gasteiger partial charge in [-0.05, 0) is 18.8 Å². The van der Waals surface area contributed by atoms with E-state index >= 15 is 0 Å². The summed E-state index contributed by atoms with van der Waals surface area (Å²) < 4.78 is 0. The zero-order valence-corrected chi connectivity index (χ0v) is 13.3. The molecular formula is C16H28N4. The Balaban J connectivity index is 2.06. The van der Waals surface area contributed by atoms with E-state index in [-0.39, 0.29) is 5.41 Å². The summed E-state index contributed by atoms with van der Waals surface area (Å²) in [4.78, 5) is 9.23. The second kappa shape index (κ2) is 6.42. The van der Waals surface area contributed by atoms with Gasteiger partial charge in [0.05, 0.1) is 0 Å². The van der Waals surface area contributed by atoms with E-state index in [1.165, 1.54) is 32.1 Å². The average molecular weight is 276 g/mol. The molecule has 1 saturated carbocycles. The van der Waals surface area contributed by atoms with E-state index < -0.39 is 0 Å². The van der Waals surface area contributed by atoms with Crippen LogP contribution in [0.2, 0.25) is 0 Å². The smallest absolute Gasteiger partial charge is 0.138 e. The number of hydrogen-bond donors (Lipinski definition) is 2. The van der Waals surface area contributed by atoms with Gasteiger partial charge in [-0.3, -0.25) is 0 Å². The number of hydrogen-bond acceptors (Lipinski definition) is 4. The van der Waals surface area contributed by atoms with Crippen LogP contribution in [0.4, 0.5) is 11.6 Å². The Morgan fingerprint density at radius 1 is 1.10 bits per heavy atom. The fourth-order valence-electron chi connectivity index (χ4n) is 2.64. The SMILES string of the molecule is CNc1cc(NCC2CCCCC2)nc(C(C)(C)C)n1. The molecule has 1 aromatic rings. The molecule has 1 aromatic heterocycles. The van der Waals surface area contributed by atoms with Gasteiger partial charge in [0.2, 0.25) is 0 Å². The molecule has 4 heteroatoms. The van der Waals surface area contributed by atoms with Gasteiger partial charge in [0, 0.05) is 25.1 Å². The van der Waals surface area contributed by atoms with Crippen molar-refractivity contribution in [1.29, 1.82) is 0 Å². The first-order valence-corrected chi connectivity index (χ1v) is 7.80. The number of nitrogens with one attached hydrogen (secondary N) is 2. The minimum atomic E-state index is -0.0336. The first-order valence-electron chi connectivity index (χ1n) is 7.80. The van der Waals surface area contributed by atoms with Gasteiger partial charge < -0.3 is 10.6 Å². The topological polar surface area (TPSA) is 49.8 Å². The molecule has 0 bridgehead atoms. The van der Waals surface area contributed by atoms with Gasteiger partial charge in [-0.2, -0.15) is 0 Å². The zero-order chi connectivity index (χ0) is 14.6. The maximum absolute atomic E-state index is 4.67. The van der Waals surface area contributed by atoms with E-state index in [0.717, 1.165) is 29.9 Å². The first kappa shape index (κ1) is 15.1. The van der Waals surface area contributed by atoms with E-state index in [4.69, 9.17) is 0 Å². The molecular weight excluding hydrogens is 248 g/mol. The van der Waals surface area contributed by atoms with Crippen LogP contribution in [-0.2, 0) is 5.41 Å². The molecule has 0 aliphatic heterocycles. The Labute approximate surface area is 122 Å². The van der Waals surface area contributed by atoms with Gasteiger partial charge in [-0.1, -0.05) is 40.0 Å². The molecule has 0 spiro atoms. The Kier molecular flexibility index (Phi) is 4.84. The van der Waals surface area contributed by atoms with Gasteiger partial charge in [0.25, 0.3) is 0 Å². The minimum absolute atomic E-state index is 0.0336. The predicted octanol–water partition coefficient (Wildman–Crippen LogP) is 3.81. The van der Waals surface area contributed by atoms with Gasteiger partial charge >= 0.3 is 0 Å². The van der Waals surface area contributed by atoms with Crippen LogP contribution in [0.15, 0.2) is 6.07 Å². The third-order valence-electron chi connectivity index (χ3n) is 3.95. The van der Waals surface area contributed by atoms with Crippen molar-refractivity contribution in [2.24, 2.45) is 5.92 Å². The van der Waals surface area contributed by atoms with Gasteiger partial charge in [-0.15, -0.1) is 0 Å². The lowest BCUT2D eigenvalue weighted by molar-refractivity contribution is 0.373. The van der Waals surface area contributed by atoms with Crippen molar-refractivity contribution in [2.45, 2.75) is 58.3 Å². The summed E-state index contributed by atoms with van der Waals surface area (Å²) in [7, 11) is 1.90. The molecule has 4 nitrogen and oxygen atoms in total. The van der Waals surface area contributed by atoms with E-state index in [0.29, 0.717) is 0 Å². The third-order valence-corrected chi connectivity index (χ3v) is 3.95.